The van der Waals surface area contributed by atoms with Crippen molar-refractivity contribution in [2.45, 2.75) is 19.4 Å². The average molecular weight is 374 g/mol. The van der Waals surface area contributed by atoms with Gasteiger partial charge in [0.1, 0.15) is 17.6 Å². The fourth-order valence-electron chi connectivity index (χ4n) is 3.28. The maximum Gasteiger partial charge on any atom is 0.257 e. The quantitative estimate of drug-likeness (QED) is 0.661. The van der Waals surface area contributed by atoms with Gasteiger partial charge in [0.05, 0.1) is 12.1 Å². The van der Waals surface area contributed by atoms with E-state index in [0.717, 1.165) is 12.1 Å². The summed E-state index contributed by atoms with van der Waals surface area (Å²) in [5, 5.41) is 0. The van der Waals surface area contributed by atoms with Gasteiger partial charge in [-0.1, -0.05) is 36.4 Å². The predicted octanol–water partition coefficient (Wildman–Crippen LogP) is 4.48. The van der Waals surface area contributed by atoms with E-state index in [9.17, 15) is 4.79 Å². The largest absolute Gasteiger partial charge is 0.472 e. The van der Waals surface area contributed by atoms with Crippen LogP contribution >= 0.6 is 0 Å². The number of aromatic nitrogens is 1. The lowest BCUT2D eigenvalue weighted by molar-refractivity contribution is 0.0768. The highest BCUT2D eigenvalue weighted by Crippen LogP contribution is 2.27. The van der Waals surface area contributed by atoms with Crippen LogP contribution in [0, 0.1) is 6.92 Å². The Morgan fingerprint density at radius 3 is 2.61 bits per heavy atom. The van der Waals surface area contributed by atoms with Gasteiger partial charge in [-0.05, 0) is 37.3 Å². The standard InChI is InChI=1S/C23H22N2O3/c1-17-8-7-13-22(24-17)28-19-14-15-25(16-19)23(26)20-11-5-6-12-21(20)27-18-9-3-2-4-10-18/h2-13,19H,14-16H2,1H3. The van der Waals surface area contributed by atoms with E-state index >= 15 is 0 Å². The number of carbonyl (C=O) groups is 1. The number of ether oxygens (including phenoxy) is 2. The lowest BCUT2D eigenvalue weighted by atomic mass is 10.1. The van der Waals surface area contributed by atoms with Gasteiger partial charge >= 0.3 is 0 Å². The van der Waals surface area contributed by atoms with Crippen molar-refractivity contribution >= 4 is 5.91 Å². The number of amides is 1. The molecule has 1 aliphatic rings. The first kappa shape index (κ1) is 18.0. The third kappa shape index (κ3) is 4.14. The number of pyridine rings is 1. The molecule has 4 rings (SSSR count). The molecule has 28 heavy (non-hydrogen) atoms. The molecule has 5 nitrogen and oxygen atoms in total. The van der Waals surface area contributed by atoms with Gasteiger partial charge in [-0.3, -0.25) is 4.79 Å². The minimum Gasteiger partial charge on any atom is -0.472 e. The predicted molar refractivity (Wildman–Crippen MR) is 107 cm³/mol. The van der Waals surface area contributed by atoms with Gasteiger partial charge < -0.3 is 14.4 Å². The minimum absolute atomic E-state index is 0.0465. The van der Waals surface area contributed by atoms with Gasteiger partial charge in [0.15, 0.2) is 0 Å². The molecule has 0 bridgehead atoms. The van der Waals surface area contributed by atoms with Crippen molar-refractivity contribution < 1.29 is 14.3 Å². The van der Waals surface area contributed by atoms with E-state index in [1.54, 1.807) is 6.07 Å². The highest BCUT2D eigenvalue weighted by molar-refractivity contribution is 5.97. The molecule has 1 fully saturated rings. The number of rotatable bonds is 5. The van der Waals surface area contributed by atoms with Gasteiger partial charge in [0.25, 0.3) is 5.91 Å². The minimum atomic E-state index is -0.0551. The smallest absolute Gasteiger partial charge is 0.257 e. The summed E-state index contributed by atoms with van der Waals surface area (Å²) in [5.74, 6) is 1.82. The third-order valence-corrected chi connectivity index (χ3v) is 4.67. The summed E-state index contributed by atoms with van der Waals surface area (Å²) >= 11 is 0. The summed E-state index contributed by atoms with van der Waals surface area (Å²) in [6.07, 6.45) is 0.726. The van der Waals surface area contributed by atoms with Crippen molar-refractivity contribution in [2.75, 3.05) is 13.1 Å². The zero-order valence-electron chi connectivity index (χ0n) is 15.7. The second kappa shape index (κ2) is 8.13. The average Bonchev–Trinajstić information content (AvgIpc) is 3.17. The zero-order valence-corrected chi connectivity index (χ0v) is 15.7. The fourth-order valence-corrected chi connectivity index (χ4v) is 3.28. The van der Waals surface area contributed by atoms with Gasteiger partial charge in [0, 0.05) is 24.7 Å². The van der Waals surface area contributed by atoms with Crippen molar-refractivity contribution in [3.8, 4) is 17.4 Å². The summed E-state index contributed by atoms with van der Waals surface area (Å²) in [6.45, 7) is 3.12. The van der Waals surface area contributed by atoms with E-state index in [2.05, 4.69) is 4.98 Å². The molecule has 0 aliphatic carbocycles. The van der Waals surface area contributed by atoms with Gasteiger partial charge in [0.2, 0.25) is 5.88 Å². The normalized spacial score (nSPS) is 16.0. The van der Waals surface area contributed by atoms with Crippen molar-refractivity contribution in [3.63, 3.8) is 0 Å². The van der Waals surface area contributed by atoms with Crippen LogP contribution < -0.4 is 9.47 Å². The Balaban J connectivity index is 1.45. The van der Waals surface area contributed by atoms with Crippen LogP contribution in [0.2, 0.25) is 0 Å². The first-order chi connectivity index (χ1) is 13.7. The Morgan fingerprint density at radius 1 is 1.00 bits per heavy atom. The van der Waals surface area contributed by atoms with Crippen molar-refractivity contribution in [2.24, 2.45) is 0 Å². The molecule has 1 amide bonds. The molecule has 0 spiro atoms. The Morgan fingerprint density at radius 2 is 1.79 bits per heavy atom. The van der Waals surface area contributed by atoms with Crippen LogP contribution in [0.4, 0.5) is 0 Å². The molecular formula is C23H22N2O3. The number of hydrogen-bond donors (Lipinski definition) is 0. The maximum atomic E-state index is 13.1. The molecule has 0 saturated carbocycles. The number of likely N-dealkylation sites (tertiary alicyclic amines) is 1. The van der Waals surface area contributed by atoms with Gasteiger partial charge in [-0.15, -0.1) is 0 Å². The first-order valence-electron chi connectivity index (χ1n) is 9.40. The van der Waals surface area contributed by atoms with Crippen molar-refractivity contribution in [1.82, 2.24) is 9.88 Å². The van der Waals surface area contributed by atoms with E-state index in [1.807, 2.05) is 78.6 Å². The van der Waals surface area contributed by atoms with Crippen LogP contribution in [0.5, 0.6) is 17.4 Å². The lowest BCUT2D eigenvalue weighted by Crippen LogP contribution is -2.31. The first-order valence-corrected chi connectivity index (χ1v) is 9.40. The summed E-state index contributed by atoms with van der Waals surface area (Å²) in [7, 11) is 0. The molecule has 2 aromatic carbocycles. The molecule has 3 aromatic rings. The van der Waals surface area contributed by atoms with E-state index in [0.29, 0.717) is 36.0 Å². The van der Waals surface area contributed by atoms with E-state index in [4.69, 9.17) is 9.47 Å². The van der Waals surface area contributed by atoms with Crippen molar-refractivity contribution in [3.05, 3.63) is 84.1 Å². The summed E-state index contributed by atoms with van der Waals surface area (Å²) in [4.78, 5) is 19.3. The number of benzene rings is 2. The molecule has 0 radical (unpaired) electrons. The Hall–Kier alpha value is -3.34. The summed E-state index contributed by atoms with van der Waals surface area (Å²) < 4.78 is 11.9. The number of carbonyl (C=O) groups excluding carboxylic acids is 1. The van der Waals surface area contributed by atoms with E-state index in [1.165, 1.54) is 0 Å². The number of aryl methyl sites for hydroxylation is 1. The molecule has 1 atom stereocenters. The summed E-state index contributed by atoms with van der Waals surface area (Å²) in [5.41, 5.74) is 1.47. The van der Waals surface area contributed by atoms with Gasteiger partial charge in [-0.25, -0.2) is 4.98 Å². The zero-order chi connectivity index (χ0) is 19.3. The van der Waals surface area contributed by atoms with Crippen LogP contribution in [0.25, 0.3) is 0 Å². The maximum absolute atomic E-state index is 13.1. The molecule has 1 saturated heterocycles. The summed E-state index contributed by atoms with van der Waals surface area (Å²) in [6, 6.07) is 22.5. The SMILES string of the molecule is Cc1cccc(OC2CCN(C(=O)c3ccccc3Oc3ccccc3)C2)n1. The van der Waals surface area contributed by atoms with E-state index < -0.39 is 0 Å². The van der Waals surface area contributed by atoms with Crippen LogP contribution in [-0.4, -0.2) is 35.0 Å². The second-order valence-corrected chi connectivity index (χ2v) is 6.81. The molecule has 1 unspecified atom stereocenters. The highest BCUT2D eigenvalue weighted by atomic mass is 16.5. The lowest BCUT2D eigenvalue weighted by Gasteiger charge is -2.19. The molecular weight excluding hydrogens is 352 g/mol. The number of hydrogen-bond acceptors (Lipinski definition) is 4. The van der Waals surface area contributed by atoms with Crippen molar-refractivity contribution in [1.29, 1.82) is 0 Å². The number of nitrogens with zero attached hydrogens (tertiary/aromatic N) is 2. The third-order valence-electron chi connectivity index (χ3n) is 4.67. The Bertz CT molecular complexity index is 959. The second-order valence-electron chi connectivity index (χ2n) is 6.81. The Kier molecular flexibility index (Phi) is 5.24. The van der Waals surface area contributed by atoms with Crippen LogP contribution in [0.3, 0.4) is 0 Å². The highest BCUT2D eigenvalue weighted by Gasteiger charge is 2.30. The number of para-hydroxylation sites is 2. The monoisotopic (exact) mass is 374 g/mol. The molecule has 0 N–H and O–H groups in total. The molecule has 142 valence electrons. The fraction of sp³-hybridized carbons (Fsp3) is 0.217. The Labute approximate surface area is 164 Å². The molecule has 5 heteroatoms. The van der Waals surface area contributed by atoms with Crippen LogP contribution in [0.1, 0.15) is 22.5 Å². The van der Waals surface area contributed by atoms with Crippen LogP contribution in [-0.2, 0) is 0 Å². The molecule has 2 heterocycles. The van der Waals surface area contributed by atoms with Gasteiger partial charge in [-0.2, -0.15) is 0 Å². The van der Waals surface area contributed by atoms with Crippen LogP contribution in [0.15, 0.2) is 72.8 Å². The topological polar surface area (TPSA) is 51.7 Å². The molecule has 1 aliphatic heterocycles. The molecule has 1 aromatic heterocycles. The van der Waals surface area contributed by atoms with E-state index in [-0.39, 0.29) is 12.0 Å².